The van der Waals surface area contributed by atoms with Crippen LogP contribution in [0.15, 0.2) is 46.9 Å². The van der Waals surface area contributed by atoms with Crippen molar-refractivity contribution >= 4 is 39.1 Å². The lowest BCUT2D eigenvalue weighted by Gasteiger charge is -2.08. The Kier molecular flexibility index (Phi) is 3.98. The van der Waals surface area contributed by atoms with Gasteiger partial charge in [0.15, 0.2) is 0 Å². The van der Waals surface area contributed by atoms with Gasteiger partial charge in [0.2, 0.25) is 11.8 Å². The fourth-order valence-electron chi connectivity index (χ4n) is 2.49. The summed E-state index contributed by atoms with van der Waals surface area (Å²) in [6, 6.07) is 13.1. The first-order valence-corrected chi connectivity index (χ1v) is 7.81. The highest BCUT2D eigenvalue weighted by Crippen LogP contribution is 2.34. The maximum Gasteiger partial charge on any atom is 0.231 e. The molecular weight excluding hydrogens is 344 g/mol. The molecule has 1 aliphatic heterocycles. The topological polar surface area (TPSA) is 58.2 Å². The highest BCUT2D eigenvalue weighted by Gasteiger charge is 2.26. The van der Waals surface area contributed by atoms with Crippen LogP contribution in [0.4, 0.5) is 11.4 Å². The molecule has 0 aromatic heterocycles. The molecule has 0 fully saturated rings. The van der Waals surface area contributed by atoms with E-state index in [1.807, 2.05) is 43.3 Å². The third-order valence-electron chi connectivity index (χ3n) is 3.73. The van der Waals surface area contributed by atoms with Crippen molar-refractivity contribution in [2.24, 2.45) is 0 Å². The maximum absolute atomic E-state index is 12.1. The standard InChI is InChI=1S/C17H15BrN2O2/c1-10-14-9-13(6-7-15(14)20-17(10)22)19-16(21)8-11-2-4-12(18)5-3-11/h2-7,9-10H,8H2,1H3,(H,19,21)(H,20,22). The summed E-state index contributed by atoms with van der Waals surface area (Å²) in [5.41, 5.74) is 3.41. The molecule has 1 atom stereocenters. The van der Waals surface area contributed by atoms with Crippen molar-refractivity contribution < 1.29 is 9.59 Å². The lowest BCUT2D eigenvalue weighted by Crippen LogP contribution is -2.14. The zero-order valence-corrected chi connectivity index (χ0v) is 13.6. The second kappa shape index (κ2) is 5.93. The molecule has 2 aromatic carbocycles. The minimum atomic E-state index is -0.182. The van der Waals surface area contributed by atoms with Crippen LogP contribution in [0.1, 0.15) is 24.0 Å². The number of nitrogens with one attached hydrogen (secondary N) is 2. The van der Waals surface area contributed by atoms with Gasteiger partial charge in [-0.25, -0.2) is 0 Å². The van der Waals surface area contributed by atoms with Gasteiger partial charge in [-0.05, 0) is 48.4 Å². The number of hydrogen-bond acceptors (Lipinski definition) is 2. The fourth-order valence-corrected chi connectivity index (χ4v) is 2.75. The summed E-state index contributed by atoms with van der Waals surface area (Å²) in [4.78, 5) is 23.7. The molecule has 0 aliphatic carbocycles. The Hall–Kier alpha value is -2.14. The normalized spacial score (nSPS) is 16.1. The minimum absolute atomic E-state index is 0.00617. The maximum atomic E-state index is 12.1. The van der Waals surface area contributed by atoms with Crippen molar-refractivity contribution in [3.05, 3.63) is 58.1 Å². The predicted octanol–water partition coefficient (Wildman–Crippen LogP) is 3.69. The Morgan fingerprint density at radius 3 is 2.68 bits per heavy atom. The first kappa shape index (κ1) is 14.8. The van der Waals surface area contributed by atoms with E-state index < -0.39 is 0 Å². The van der Waals surface area contributed by atoms with Gasteiger partial charge in [-0.3, -0.25) is 9.59 Å². The number of hydrogen-bond donors (Lipinski definition) is 2. The summed E-state index contributed by atoms with van der Waals surface area (Å²) in [5.74, 6) is -0.265. The number of benzene rings is 2. The van der Waals surface area contributed by atoms with Crippen LogP contribution in [0.5, 0.6) is 0 Å². The summed E-state index contributed by atoms with van der Waals surface area (Å²) >= 11 is 3.37. The molecule has 1 aliphatic rings. The molecule has 0 saturated heterocycles. The second-order valence-electron chi connectivity index (χ2n) is 5.36. The van der Waals surface area contributed by atoms with Crippen LogP contribution in [0.2, 0.25) is 0 Å². The van der Waals surface area contributed by atoms with Crippen molar-refractivity contribution in [1.29, 1.82) is 0 Å². The van der Waals surface area contributed by atoms with E-state index in [-0.39, 0.29) is 17.7 Å². The minimum Gasteiger partial charge on any atom is -0.326 e. The van der Waals surface area contributed by atoms with Crippen molar-refractivity contribution in [3.8, 4) is 0 Å². The van der Waals surface area contributed by atoms with Crippen LogP contribution in [0.25, 0.3) is 0 Å². The summed E-state index contributed by atoms with van der Waals surface area (Å²) in [6.45, 7) is 1.86. The molecule has 2 N–H and O–H groups in total. The first-order chi connectivity index (χ1) is 10.5. The van der Waals surface area contributed by atoms with Gasteiger partial charge in [0.1, 0.15) is 0 Å². The predicted molar refractivity (Wildman–Crippen MR) is 90.0 cm³/mol. The van der Waals surface area contributed by atoms with Gasteiger partial charge < -0.3 is 10.6 Å². The Morgan fingerprint density at radius 1 is 1.23 bits per heavy atom. The number of amides is 2. The number of anilines is 2. The Balaban J connectivity index is 1.70. The Labute approximate surface area is 137 Å². The van der Waals surface area contributed by atoms with Crippen LogP contribution in [0, 0.1) is 0 Å². The molecule has 0 spiro atoms. The molecule has 1 heterocycles. The van der Waals surface area contributed by atoms with Crippen molar-refractivity contribution in [2.45, 2.75) is 19.3 Å². The smallest absolute Gasteiger partial charge is 0.231 e. The van der Waals surface area contributed by atoms with E-state index in [0.29, 0.717) is 12.1 Å². The van der Waals surface area contributed by atoms with Crippen LogP contribution < -0.4 is 10.6 Å². The van der Waals surface area contributed by atoms with Crippen molar-refractivity contribution in [1.82, 2.24) is 0 Å². The van der Waals surface area contributed by atoms with Crippen LogP contribution in [-0.4, -0.2) is 11.8 Å². The Bertz CT molecular complexity index is 741. The van der Waals surface area contributed by atoms with Crippen LogP contribution >= 0.6 is 15.9 Å². The van der Waals surface area contributed by atoms with Gasteiger partial charge in [-0.2, -0.15) is 0 Å². The van der Waals surface area contributed by atoms with E-state index >= 15 is 0 Å². The highest BCUT2D eigenvalue weighted by molar-refractivity contribution is 9.10. The van der Waals surface area contributed by atoms with E-state index in [4.69, 9.17) is 0 Å². The third-order valence-corrected chi connectivity index (χ3v) is 4.26. The van der Waals surface area contributed by atoms with Crippen molar-refractivity contribution in [2.75, 3.05) is 10.6 Å². The van der Waals surface area contributed by atoms with E-state index in [0.717, 1.165) is 21.3 Å². The Morgan fingerprint density at radius 2 is 1.95 bits per heavy atom. The molecule has 5 heteroatoms. The molecule has 1 unspecified atom stereocenters. The summed E-state index contributed by atoms with van der Waals surface area (Å²) < 4.78 is 0.987. The largest absolute Gasteiger partial charge is 0.326 e. The third kappa shape index (κ3) is 3.04. The summed E-state index contributed by atoms with van der Waals surface area (Å²) in [6.07, 6.45) is 0.317. The average Bonchev–Trinajstić information content (AvgIpc) is 2.77. The summed E-state index contributed by atoms with van der Waals surface area (Å²) in [5, 5.41) is 5.70. The van der Waals surface area contributed by atoms with Crippen LogP contribution in [0.3, 0.4) is 0 Å². The number of halogens is 1. The van der Waals surface area contributed by atoms with Gasteiger partial charge in [0, 0.05) is 15.8 Å². The summed E-state index contributed by atoms with van der Waals surface area (Å²) in [7, 11) is 0. The lowest BCUT2D eigenvalue weighted by atomic mass is 10.0. The number of fused-ring (bicyclic) bond motifs is 1. The number of rotatable bonds is 3. The zero-order valence-electron chi connectivity index (χ0n) is 12.0. The van der Waals surface area contributed by atoms with Gasteiger partial charge >= 0.3 is 0 Å². The van der Waals surface area contributed by atoms with Gasteiger partial charge in [-0.15, -0.1) is 0 Å². The number of carbonyl (C=O) groups is 2. The molecule has 2 amide bonds. The first-order valence-electron chi connectivity index (χ1n) is 7.02. The fraction of sp³-hybridized carbons (Fsp3) is 0.176. The van der Waals surface area contributed by atoms with E-state index in [1.54, 1.807) is 6.07 Å². The monoisotopic (exact) mass is 358 g/mol. The molecular formula is C17H15BrN2O2. The van der Waals surface area contributed by atoms with Crippen LogP contribution in [-0.2, 0) is 16.0 Å². The second-order valence-corrected chi connectivity index (χ2v) is 6.28. The van der Waals surface area contributed by atoms with E-state index in [1.165, 1.54) is 0 Å². The molecule has 0 saturated carbocycles. The molecule has 2 aromatic rings. The van der Waals surface area contributed by atoms with Gasteiger partial charge in [-0.1, -0.05) is 28.1 Å². The number of carbonyl (C=O) groups excluding carboxylic acids is 2. The van der Waals surface area contributed by atoms with Gasteiger partial charge in [0.05, 0.1) is 12.3 Å². The lowest BCUT2D eigenvalue weighted by molar-refractivity contribution is -0.117. The molecule has 0 bridgehead atoms. The van der Waals surface area contributed by atoms with Gasteiger partial charge in [0.25, 0.3) is 0 Å². The molecule has 3 rings (SSSR count). The SMILES string of the molecule is CC1C(=O)Nc2ccc(NC(=O)Cc3ccc(Br)cc3)cc21. The zero-order chi connectivity index (χ0) is 15.7. The average molecular weight is 359 g/mol. The molecule has 4 nitrogen and oxygen atoms in total. The molecule has 112 valence electrons. The quantitative estimate of drug-likeness (QED) is 0.878. The molecule has 22 heavy (non-hydrogen) atoms. The molecule has 0 radical (unpaired) electrons. The highest BCUT2D eigenvalue weighted by atomic mass is 79.9. The van der Waals surface area contributed by atoms with Crippen molar-refractivity contribution in [3.63, 3.8) is 0 Å². The van der Waals surface area contributed by atoms with E-state index in [9.17, 15) is 9.59 Å². The van der Waals surface area contributed by atoms with E-state index in [2.05, 4.69) is 26.6 Å².